The van der Waals surface area contributed by atoms with Gasteiger partial charge in [0.2, 0.25) is 0 Å². The zero-order valence-electron chi connectivity index (χ0n) is 10.6. The van der Waals surface area contributed by atoms with E-state index in [1.807, 2.05) is 0 Å². The van der Waals surface area contributed by atoms with E-state index in [-0.39, 0.29) is 11.5 Å². The lowest BCUT2D eigenvalue weighted by Crippen LogP contribution is -2.25. The molecule has 3 heteroatoms. The van der Waals surface area contributed by atoms with Crippen molar-refractivity contribution in [2.45, 2.75) is 32.2 Å². The topological polar surface area (TPSA) is 52.5 Å². The molecule has 0 bridgehead atoms. The largest absolute Gasteiger partial charge is 0.508 e. The smallest absolute Gasteiger partial charge is 0.123 e. The number of aromatic hydroxyl groups is 2. The molecule has 98 valence electrons. The first-order valence-electron chi connectivity index (χ1n) is 6.95. The highest BCUT2D eigenvalue weighted by atomic mass is 16.3. The molecule has 18 heavy (non-hydrogen) atoms. The van der Waals surface area contributed by atoms with Crippen LogP contribution in [0.3, 0.4) is 0 Å². The molecule has 0 radical (unpaired) electrons. The van der Waals surface area contributed by atoms with Crippen LogP contribution >= 0.6 is 0 Å². The molecule has 0 aromatic heterocycles. The van der Waals surface area contributed by atoms with E-state index in [4.69, 9.17) is 0 Å². The summed E-state index contributed by atoms with van der Waals surface area (Å²) in [7, 11) is 0. The van der Waals surface area contributed by atoms with Crippen molar-refractivity contribution in [1.29, 1.82) is 0 Å². The summed E-state index contributed by atoms with van der Waals surface area (Å²) in [6, 6.07) is 4.80. The molecule has 0 saturated heterocycles. The van der Waals surface area contributed by atoms with Crippen molar-refractivity contribution in [2.24, 2.45) is 17.8 Å². The van der Waals surface area contributed by atoms with Crippen molar-refractivity contribution in [3.63, 3.8) is 0 Å². The van der Waals surface area contributed by atoms with Gasteiger partial charge in [0.05, 0.1) is 0 Å². The van der Waals surface area contributed by atoms with E-state index in [0.717, 1.165) is 29.9 Å². The lowest BCUT2D eigenvalue weighted by atomic mass is 9.98. The normalized spacial score (nSPS) is 19.4. The summed E-state index contributed by atoms with van der Waals surface area (Å²) in [5, 5.41) is 22.4. The van der Waals surface area contributed by atoms with Crippen LogP contribution in [0.1, 0.15) is 31.2 Å². The highest BCUT2D eigenvalue weighted by Gasteiger charge is 2.40. The fraction of sp³-hybridized carbons (Fsp3) is 0.600. The van der Waals surface area contributed by atoms with Gasteiger partial charge in [-0.3, -0.25) is 0 Å². The average Bonchev–Trinajstić information content (AvgIpc) is 3.20. The van der Waals surface area contributed by atoms with Gasteiger partial charge < -0.3 is 15.5 Å². The summed E-state index contributed by atoms with van der Waals surface area (Å²) in [4.78, 5) is 0. The minimum Gasteiger partial charge on any atom is -0.508 e. The summed E-state index contributed by atoms with van der Waals surface area (Å²) < 4.78 is 0. The fourth-order valence-electron chi connectivity index (χ4n) is 2.84. The Labute approximate surface area is 108 Å². The maximum atomic E-state index is 9.70. The molecule has 0 heterocycles. The Morgan fingerprint density at radius 2 is 1.78 bits per heavy atom. The van der Waals surface area contributed by atoms with Crippen LogP contribution in [0.2, 0.25) is 0 Å². The van der Waals surface area contributed by atoms with E-state index in [0.29, 0.717) is 6.54 Å². The van der Waals surface area contributed by atoms with Crippen LogP contribution in [0.15, 0.2) is 18.2 Å². The second kappa shape index (κ2) is 4.81. The third kappa shape index (κ3) is 2.78. The maximum Gasteiger partial charge on any atom is 0.123 e. The molecular formula is C15H21NO2. The van der Waals surface area contributed by atoms with Crippen LogP contribution in [0, 0.1) is 17.8 Å². The predicted octanol–water partition coefficient (Wildman–Crippen LogP) is 2.62. The Hall–Kier alpha value is -1.22. The lowest BCUT2D eigenvalue weighted by molar-refractivity contribution is 0.376. The first-order chi connectivity index (χ1) is 8.74. The minimum absolute atomic E-state index is 0.116. The standard InChI is InChI=1S/C15H21NO2/c17-13-6-5-12(15(18)7-13)8-16-9-14(10-1-2-10)11-3-4-11/h5-7,10-11,14,16-18H,1-4,8-9H2. The Balaban J connectivity index is 1.51. The lowest BCUT2D eigenvalue weighted by Gasteiger charge is -2.16. The average molecular weight is 247 g/mol. The Bertz CT molecular complexity index is 413. The van der Waals surface area contributed by atoms with E-state index in [9.17, 15) is 10.2 Å². The molecule has 0 spiro atoms. The molecule has 3 N–H and O–H groups in total. The van der Waals surface area contributed by atoms with Gasteiger partial charge >= 0.3 is 0 Å². The zero-order valence-corrected chi connectivity index (χ0v) is 10.6. The van der Waals surface area contributed by atoms with Gasteiger partial charge in [-0.25, -0.2) is 0 Å². The molecule has 3 nitrogen and oxygen atoms in total. The number of nitrogens with one attached hydrogen (secondary N) is 1. The van der Waals surface area contributed by atoms with Crippen LogP contribution < -0.4 is 5.32 Å². The van der Waals surface area contributed by atoms with Crippen molar-refractivity contribution in [3.8, 4) is 11.5 Å². The van der Waals surface area contributed by atoms with Gasteiger partial charge in [-0.2, -0.15) is 0 Å². The van der Waals surface area contributed by atoms with Gasteiger partial charge in [0.15, 0.2) is 0 Å². The van der Waals surface area contributed by atoms with Crippen LogP contribution in [0.5, 0.6) is 11.5 Å². The number of hydrogen-bond acceptors (Lipinski definition) is 3. The van der Waals surface area contributed by atoms with E-state index >= 15 is 0 Å². The first-order valence-corrected chi connectivity index (χ1v) is 6.95. The summed E-state index contributed by atoms with van der Waals surface area (Å²) in [6.07, 6.45) is 5.64. The zero-order chi connectivity index (χ0) is 12.5. The van der Waals surface area contributed by atoms with Gasteiger partial charge in [-0.1, -0.05) is 6.07 Å². The fourth-order valence-corrected chi connectivity index (χ4v) is 2.84. The molecule has 0 unspecified atom stereocenters. The molecule has 0 amide bonds. The number of phenolic OH excluding ortho intramolecular Hbond substituents is 2. The van der Waals surface area contributed by atoms with E-state index in [1.54, 1.807) is 12.1 Å². The van der Waals surface area contributed by atoms with Crippen molar-refractivity contribution in [3.05, 3.63) is 23.8 Å². The monoisotopic (exact) mass is 247 g/mol. The minimum atomic E-state index is 0.116. The third-order valence-corrected chi connectivity index (χ3v) is 4.22. The van der Waals surface area contributed by atoms with Crippen molar-refractivity contribution in [1.82, 2.24) is 5.32 Å². The first kappa shape index (κ1) is 11.8. The summed E-state index contributed by atoms with van der Waals surface area (Å²) in [5.74, 6) is 3.06. The van der Waals surface area contributed by atoms with E-state index in [2.05, 4.69) is 5.32 Å². The van der Waals surface area contributed by atoms with E-state index in [1.165, 1.54) is 31.7 Å². The van der Waals surface area contributed by atoms with Crippen LogP contribution in [0.25, 0.3) is 0 Å². The highest BCUT2D eigenvalue weighted by Crippen LogP contribution is 2.48. The molecule has 1 aromatic carbocycles. The number of phenols is 2. The summed E-state index contributed by atoms with van der Waals surface area (Å²) in [6.45, 7) is 1.75. The third-order valence-electron chi connectivity index (χ3n) is 4.22. The molecule has 2 fully saturated rings. The van der Waals surface area contributed by atoms with Gasteiger partial charge in [0.1, 0.15) is 11.5 Å². The van der Waals surface area contributed by atoms with Crippen LogP contribution in [-0.4, -0.2) is 16.8 Å². The molecule has 3 rings (SSSR count). The summed E-state index contributed by atoms with van der Waals surface area (Å²) in [5.41, 5.74) is 0.859. The van der Waals surface area contributed by atoms with Crippen LogP contribution in [-0.2, 0) is 6.54 Å². The van der Waals surface area contributed by atoms with Crippen LogP contribution in [0.4, 0.5) is 0 Å². The van der Waals surface area contributed by atoms with Gasteiger partial charge in [0, 0.05) is 18.2 Å². The molecule has 0 atom stereocenters. The predicted molar refractivity (Wildman–Crippen MR) is 70.4 cm³/mol. The second-order valence-corrected chi connectivity index (χ2v) is 5.78. The molecule has 2 aliphatic carbocycles. The molecule has 1 aromatic rings. The van der Waals surface area contributed by atoms with Crippen molar-refractivity contribution in [2.75, 3.05) is 6.54 Å². The second-order valence-electron chi connectivity index (χ2n) is 5.78. The SMILES string of the molecule is Oc1ccc(CNCC(C2CC2)C2CC2)c(O)c1. The number of hydrogen-bond donors (Lipinski definition) is 3. The maximum absolute atomic E-state index is 9.70. The molecule has 2 aliphatic rings. The van der Waals surface area contributed by atoms with E-state index < -0.39 is 0 Å². The Kier molecular flexibility index (Phi) is 3.16. The molecular weight excluding hydrogens is 226 g/mol. The van der Waals surface area contributed by atoms with Crippen molar-refractivity contribution < 1.29 is 10.2 Å². The van der Waals surface area contributed by atoms with Gasteiger partial charge in [-0.15, -0.1) is 0 Å². The Morgan fingerprint density at radius 1 is 1.11 bits per heavy atom. The highest BCUT2D eigenvalue weighted by molar-refractivity contribution is 5.38. The molecule has 0 aliphatic heterocycles. The number of benzene rings is 1. The number of rotatable bonds is 6. The quantitative estimate of drug-likeness (QED) is 0.724. The van der Waals surface area contributed by atoms with Gasteiger partial charge in [0.25, 0.3) is 0 Å². The molecule has 2 saturated carbocycles. The van der Waals surface area contributed by atoms with Gasteiger partial charge in [-0.05, 0) is 56.0 Å². The van der Waals surface area contributed by atoms with Crippen molar-refractivity contribution >= 4 is 0 Å². The Morgan fingerprint density at radius 3 is 2.33 bits per heavy atom. The summed E-state index contributed by atoms with van der Waals surface area (Å²) >= 11 is 0.